The topological polar surface area (TPSA) is 69.5 Å². The van der Waals surface area contributed by atoms with Crippen molar-refractivity contribution >= 4 is 21.7 Å². The van der Waals surface area contributed by atoms with Crippen molar-refractivity contribution in [3.05, 3.63) is 16.5 Å². The maximum atomic E-state index is 8.88. The number of halogens is 1. The summed E-state index contributed by atoms with van der Waals surface area (Å²) < 4.78 is 0.700. The Kier molecular flexibility index (Phi) is 4.93. The third-order valence-corrected chi connectivity index (χ3v) is 2.26. The number of anilines is 1. The molecule has 0 saturated heterocycles. The lowest BCUT2D eigenvalue weighted by molar-refractivity contribution is 0.280. The fraction of sp³-hybridized carbons (Fsp3) is 0.556. The number of aromatic nitrogens is 2. The number of hydrogen-bond donors (Lipinski definition) is 2. The lowest BCUT2D eigenvalue weighted by atomic mass is 10.4. The number of hydrogen-bond acceptors (Lipinski definition) is 5. The minimum atomic E-state index is 0.0284. The smallest absolute Gasteiger partial charge is 0.133 e. The maximum Gasteiger partial charge on any atom is 0.133 e. The van der Waals surface area contributed by atoms with E-state index < -0.39 is 0 Å². The Hall–Kier alpha value is -0.720. The van der Waals surface area contributed by atoms with Gasteiger partial charge in [-0.25, -0.2) is 9.97 Å². The summed E-state index contributed by atoms with van der Waals surface area (Å²) in [5.41, 5.74) is 0. The minimum absolute atomic E-state index is 0.0284. The SMILES string of the molecule is Cc1nc(Br)cc(N(CCO)CCO)n1. The van der Waals surface area contributed by atoms with Gasteiger partial charge < -0.3 is 15.1 Å². The zero-order chi connectivity index (χ0) is 11.3. The molecule has 0 fully saturated rings. The summed E-state index contributed by atoms with van der Waals surface area (Å²) in [7, 11) is 0. The van der Waals surface area contributed by atoms with Gasteiger partial charge in [-0.1, -0.05) is 0 Å². The van der Waals surface area contributed by atoms with Gasteiger partial charge in [-0.2, -0.15) is 0 Å². The first-order valence-corrected chi connectivity index (χ1v) is 5.44. The van der Waals surface area contributed by atoms with Gasteiger partial charge >= 0.3 is 0 Å². The Bertz CT molecular complexity index is 296. The van der Waals surface area contributed by atoms with Crippen molar-refractivity contribution in [1.29, 1.82) is 0 Å². The van der Waals surface area contributed by atoms with E-state index in [-0.39, 0.29) is 13.2 Å². The molecule has 2 N–H and O–H groups in total. The molecular formula is C9H14BrN3O2. The average molecular weight is 276 g/mol. The maximum absolute atomic E-state index is 8.88. The molecule has 1 aromatic heterocycles. The van der Waals surface area contributed by atoms with E-state index in [1.807, 2.05) is 0 Å². The number of rotatable bonds is 5. The molecule has 0 amide bonds. The van der Waals surface area contributed by atoms with Crippen LogP contribution in [-0.4, -0.2) is 46.5 Å². The highest BCUT2D eigenvalue weighted by atomic mass is 79.9. The van der Waals surface area contributed by atoms with E-state index in [1.54, 1.807) is 17.9 Å². The van der Waals surface area contributed by atoms with Crippen LogP contribution in [0.1, 0.15) is 5.82 Å². The van der Waals surface area contributed by atoms with Gasteiger partial charge in [0.2, 0.25) is 0 Å². The number of aliphatic hydroxyl groups excluding tert-OH is 2. The van der Waals surface area contributed by atoms with Crippen LogP contribution in [0.25, 0.3) is 0 Å². The molecule has 1 heterocycles. The van der Waals surface area contributed by atoms with Gasteiger partial charge in [-0.3, -0.25) is 0 Å². The van der Waals surface area contributed by atoms with Crippen LogP contribution in [0.15, 0.2) is 10.7 Å². The van der Waals surface area contributed by atoms with Crippen LogP contribution in [0.4, 0.5) is 5.82 Å². The van der Waals surface area contributed by atoms with E-state index in [2.05, 4.69) is 25.9 Å². The quantitative estimate of drug-likeness (QED) is 0.759. The van der Waals surface area contributed by atoms with E-state index in [0.717, 1.165) is 0 Å². The summed E-state index contributed by atoms with van der Waals surface area (Å²) in [4.78, 5) is 10.1. The Morgan fingerprint density at radius 1 is 1.27 bits per heavy atom. The van der Waals surface area contributed by atoms with Gasteiger partial charge in [-0.05, 0) is 22.9 Å². The monoisotopic (exact) mass is 275 g/mol. The van der Waals surface area contributed by atoms with Crippen LogP contribution >= 0.6 is 15.9 Å². The molecule has 5 nitrogen and oxygen atoms in total. The zero-order valence-electron chi connectivity index (χ0n) is 8.52. The molecule has 0 bridgehead atoms. The van der Waals surface area contributed by atoms with Crippen LogP contribution in [0.3, 0.4) is 0 Å². The summed E-state index contributed by atoms with van der Waals surface area (Å²) in [6, 6.07) is 1.76. The van der Waals surface area contributed by atoms with Crippen molar-refractivity contribution in [3.8, 4) is 0 Å². The summed E-state index contributed by atoms with van der Waals surface area (Å²) in [6.45, 7) is 2.75. The zero-order valence-corrected chi connectivity index (χ0v) is 10.1. The minimum Gasteiger partial charge on any atom is -0.395 e. The van der Waals surface area contributed by atoms with Gasteiger partial charge in [0.15, 0.2) is 0 Å². The molecule has 0 spiro atoms. The van der Waals surface area contributed by atoms with Gasteiger partial charge in [0, 0.05) is 19.2 Å². The van der Waals surface area contributed by atoms with Crippen LogP contribution in [0.2, 0.25) is 0 Å². The number of nitrogens with zero attached hydrogens (tertiary/aromatic N) is 3. The number of aryl methyl sites for hydroxylation is 1. The first kappa shape index (κ1) is 12.4. The third-order valence-electron chi connectivity index (χ3n) is 1.86. The molecule has 0 aromatic carbocycles. The van der Waals surface area contributed by atoms with E-state index in [9.17, 15) is 0 Å². The predicted molar refractivity (Wildman–Crippen MR) is 60.9 cm³/mol. The fourth-order valence-electron chi connectivity index (χ4n) is 1.26. The second-order valence-electron chi connectivity index (χ2n) is 3.03. The summed E-state index contributed by atoms with van der Waals surface area (Å²) in [5, 5.41) is 17.8. The van der Waals surface area contributed by atoms with Gasteiger partial charge in [-0.15, -0.1) is 0 Å². The molecule has 0 aliphatic carbocycles. The number of aliphatic hydroxyl groups is 2. The lowest BCUT2D eigenvalue weighted by Gasteiger charge is -2.21. The lowest BCUT2D eigenvalue weighted by Crippen LogP contribution is -2.30. The summed E-state index contributed by atoms with van der Waals surface area (Å²) in [6.07, 6.45) is 0. The van der Waals surface area contributed by atoms with E-state index in [0.29, 0.717) is 29.3 Å². The van der Waals surface area contributed by atoms with E-state index >= 15 is 0 Å². The second kappa shape index (κ2) is 5.99. The van der Waals surface area contributed by atoms with Crippen molar-refractivity contribution in [1.82, 2.24) is 9.97 Å². The molecule has 15 heavy (non-hydrogen) atoms. The predicted octanol–water partition coefficient (Wildman–Crippen LogP) is 0.339. The van der Waals surface area contributed by atoms with Crippen molar-refractivity contribution in [2.75, 3.05) is 31.2 Å². The molecular weight excluding hydrogens is 262 g/mol. The molecule has 0 aliphatic rings. The molecule has 1 aromatic rings. The molecule has 84 valence electrons. The molecule has 6 heteroatoms. The Morgan fingerprint density at radius 2 is 1.87 bits per heavy atom. The highest BCUT2D eigenvalue weighted by molar-refractivity contribution is 9.10. The summed E-state index contributed by atoms with van der Waals surface area (Å²) in [5.74, 6) is 1.36. The Labute approximate surface area is 96.9 Å². The highest BCUT2D eigenvalue weighted by Crippen LogP contribution is 2.15. The largest absolute Gasteiger partial charge is 0.395 e. The van der Waals surface area contributed by atoms with Crippen LogP contribution < -0.4 is 4.90 Å². The molecule has 0 saturated carbocycles. The van der Waals surface area contributed by atoms with E-state index in [4.69, 9.17) is 10.2 Å². The van der Waals surface area contributed by atoms with Gasteiger partial charge in [0.25, 0.3) is 0 Å². The second-order valence-corrected chi connectivity index (χ2v) is 3.84. The molecule has 0 unspecified atom stereocenters. The molecule has 1 rings (SSSR count). The normalized spacial score (nSPS) is 10.4. The highest BCUT2D eigenvalue weighted by Gasteiger charge is 2.08. The van der Waals surface area contributed by atoms with Crippen molar-refractivity contribution in [2.24, 2.45) is 0 Å². The standard InChI is InChI=1S/C9H14BrN3O2/c1-7-11-8(10)6-9(12-7)13(2-4-14)3-5-15/h6,14-15H,2-5H2,1H3. The Morgan fingerprint density at radius 3 is 2.33 bits per heavy atom. The van der Waals surface area contributed by atoms with Gasteiger partial charge in [0.1, 0.15) is 16.2 Å². The molecule has 0 atom stereocenters. The molecule has 0 aliphatic heterocycles. The van der Waals surface area contributed by atoms with E-state index in [1.165, 1.54) is 0 Å². The summed E-state index contributed by atoms with van der Waals surface area (Å²) >= 11 is 3.28. The fourth-order valence-corrected chi connectivity index (χ4v) is 1.72. The van der Waals surface area contributed by atoms with Gasteiger partial charge in [0.05, 0.1) is 13.2 Å². The average Bonchev–Trinajstić information content (AvgIpc) is 2.16. The van der Waals surface area contributed by atoms with Crippen molar-refractivity contribution < 1.29 is 10.2 Å². The Balaban J connectivity index is 2.88. The first-order valence-electron chi connectivity index (χ1n) is 4.65. The van der Waals surface area contributed by atoms with Crippen LogP contribution in [0.5, 0.6) is 0 Å². The van der Waals surface area contributed by atoms with Crippen molar-refractivity contribution in [3.63, 3.8) is 0 Å². The van der Waals surface area contributed by atoms with Crippen LogP contribution in [-0.2, 0) is 0 Å². The first-order chi connectivity index (χ1) is 7.17. The third kappa shape index (κ3) is 3.73. The van der Waals surface area contributed by atoms with Crippen molar-refractivity contribution in [2.45, 2.75) is 6.92 Å². The van der Waals surface area contributed by atoms with Crippen LogP contribution in [0, 0.1) is 6.92 Å². The molecule has 0 radical (unpaired) electrons.